The lowest BCUT2D eigenvalue weighted by atomic mass is 9.95. The van der Waals surface area contributed by atoms with Crippen molar-refractivity contribution < 1.29 is 19.4 Å². The van der Waals surface area contributed by atoms with Gasteiger partial charge in [0.15, 0.2) is 4.34 Å². The number of aliphatic hydroxyl groups excluding tert-OH is 1. The van der Waals surface area contributed by atoms with Gasteiger partial charge in [-0.25, -0.2) is 0 Å². The zero-order chi connectivity index (χ0) is 30.6. The molecule has 0 saturated carbocycles. The average molecular weight is 640 g/mol. The Balaban J connectivity index is 1.30. The van der Waals surface area contributed by atoms with Crippen molar-refractivity contribution in [3.63, 3.8) is 0 Å². The number of benzene rings is 4. The molecule has 1 saturated heterocycles. The maximum atomic E-state index is 13.5. The fourth-order valence-corrected chi connectivity index (χ4v) is 6.81. The van der Waals surface area contributed by atoms with Crippen LogP contribution in [0.5, 0.6) is 5.75 Å². The van der Waals surface area contributed by atoms with Crippen LogP contribution < -0.4 is 9.64 Å². The van der Waals surface area contributed by atoms with E-state index in [4.69, 9.17) is 16.3 Å². The zero-order valence-electron chi connectivity index (χ0n) is 23.5. The molecule has 1 aliphatic rings. The summed E-state index contributed by atoms with van der Waals surface area (Å²) in [5, 5.41) is 20.8. The molecule has 10 heteroatoms. The third-order valence-corrected chi connectivity index (χ3v) is 9.60. The van der Waals surface area contributed by atoms with Crippen LogP contribution in [-0.4, -0.2) is 27.0 Å². The number of Topliss-reactive ketones (excluding diaryl/α,β-unsaturated/α-hetero) is 1. The smallest absolute Gasteiger partial charge is 0.301 e. The van der Waals surface area contributed by atoms with E-state index in [1.54, 1.807) is 48.5 Å². The average Bonchev–Trinajstić information content (AvgIpc) is 3.62. The molecule has 0 aliphatic carbocycles. The number of hydrogen-bond acceptors (Lipinski definition) is 8. The van der Waals surface area contributed by atoms with Crippen molar-refractivity contribution in [2.45, 2.75) is 29.7 Å². The van der Waals surface area contributed by atoms with Crippen LogP contribution in [-0.2, 0) is 21.9 Å². The molecular formula is C34H26ClN3O4S2. The van der Waals surface area contributed by atoms with Gasteiger partial charge < -0.3 is 9.84 Å². The number of hydrogen-bond donors (Lipinski definition) is 1. The second kappa shape index (κ2) is 13.1. The van der Waals surface area contributed by atoms with Gasteiger partial charge in [-0.15, -0.1) is 10.2 Å². The number of carbonyl (C=O) groups is 2. The number of nitrogens with zero attached hydrogens (tertiary/aromatic N) is 3. The molecule has 1 N–H and O–H groups in total. The molecule has 1 aromatic heterocycles. The van der Waals surface area contributed by atoms with E-state index in [1.165, 1.54) is 28.0 Å². The van der Waals surface area contributed by atoms with Crippen molar-refractivity contribution in [1.82, 2.24) is 10.2 Å². The third kappa shape index (κ3) is 6.26. The van der Waals surface area contributed by atoms with Gasteiger partial charge in [0.2, 0.25) is 5.13 Å². The molecule has 1 atom stereocenters. The Kier molecular flexibility index (Phi) is 8.79. The highest BCUT2D eigenvalue weighted by molar-refractivity contribution is 8.00. The maximum absolute atomic E-state index is 13.5. The fraction of sp³-hybridized carbons (Fsp3) is 0.118. The monoisotopic (exact) mass is 639 g/mol. The minimum atomic E-state index is -0.927. The number of anilines is 1. The number of aromatic nitrogens is 2. The quantitative estimate of drug-likeness (QED) is 0.0574. The number of rotatable bonds is 9. The van der Waals surface area contributed by atoms with Crippen molar-refractivity contribution >= 4 is 57.3 Å². The second-order valence-electron chi connectivity index (χ2n) is 10.1. The normalized spacial score (nSPS) is 16.0. The van der Waals surface area contributed by atoms with Gasteiger partial charge in [-0.2, -0.15) is 0 Å². The Morgan fingerprint density at radius 1 is 0.932 bits per heavy atom. The van der Waals surface area contributed by atoms with E-state index in [1.807, 2.05) is 61.5 Å². The van der Waals surface area contributed by atoms with Crippen LogP contribution in [0.3, 0.4) is 0 Å². The van der Waals surface area contributed by atoms with Gasteiger partial charge in [-0.3, -0.25) is 14.5 Å². The molecule has 220 valence electrons. The lowest BCUT2D eigenvalue weighted by molar-refractivity contribution is -0.132. The van der Waals surface area contributed by atoms with E-state index in [0.29, 0.717) is 38.6 Å². The number of halogens is 1. The summed E-state index contributed by atoms with van der Waals surface area (Å²) in [6, 6.07) is 30.6. The van der Waals surface area contributed by atoms with Crippen molar-refractivity contribution in [3.8, 4) is 5.75 Å². The molecule has 1 aliphatic heterocycles. The number of amides is 1. The van der Waals surface area contributed by atoms with Crippen molar-refractivity contribution in [2.75, 3.05) is 4.90 Å². The molecule has 5 aromatic rings. The molecule has 1 amide bonds. The van der Waals surface area contributed by atoms with Crippen LogP contribution in [0.4, 0.5) is 5.13 Å². The highest BCUT2D eigenvalue weighted by Gasteiger charge is 2.48. The van der Waals surface area contributed by atoms with Gasteiger partial charge in [-0.05, 0) is 65.6 Å². The molecule has 7 nitrogen and oxygen atoms in total. The fourth-order valence-electron chi connectivity index (χ4n) is 4.87. The van der Waals surface area contributed by atoms with E-state index < -0.39 is 17.7 Å². The number of thioether (sulfide) groups is 1. The lowest BCUT2D eigenvalue weighted by Crippen LogP contribution is -2.29. The molecule has 2 heterocycles. The molecule has 0 bridgehead atoms. The van der Waals surface area contributed by atoms with E-state index in [-0.39, 0.29) is 16.5 Å². The van der Waals surface area contributed by atoms with E-state index >= 15 is 0 Å². The maximum Gasteiger partial charge on any atom is 0.301 e. The van der Waals surface area contributed by atoms with Gasteiger partial charge in [0.1, 0.15) is 18.1 Å². The van der Waals surface area contributed by atoms with E-state index in [9.17, 15) is 14.7 Å². The minimum absolute atomic E-state index is 0.0420. The van der Waals surface area contributed by atoms with Crippen LogP contribution in [0.2, 0.25) is 5.02 Å². The predicted molar refractivity (Wildman–Crippen MR) is 174 cm³/mol. The largest absolute Gasteiger partial charge is 0.507 e. The Bertz CT molecular complexity index is 1840. The van der Waals surface area contributed by atoms with Crippen LogP contribution >= 0.6 is 34.7 Å². The SMILES string of the molecule is Cc1ccccc1COc1ccc(C(O)=C2C(=O)C(=O)N(c3nnc(SCc4ccccc4)s3)C2c2ccc(Cl)cc2)cc1. The van der Waals surface area contributed by atoms with E-state index in [2.05, 4.69) is 10.2 Å². The van der Waals surface area contributed by atoms with Crippen LogP contribution in [0, 0.1) is 6.92 Å². The first-order valence-electron chi connectivity index (χ1n) is 13.7. The summed E-state index contributed by atoms with van der Waals surface area (Å²) in [5.41, 5.74) is 4.26. The molecule has 1 unspecified atom stereocenters. The highest BCUT2D eigenvalue weighted by Crippen LogP contribution is 2.44. The number of aliphatic hydroxyl groups is 1. The van der Waals surface area contributed by atoms with Crippen molar-refractivity contribution in [1.29, 1.82) is 0 Å². The zero-order valence-corrected chi connectivity index (χ0v) is 25.9. The number of ether oxygens (including phenoxy) is 1. The lowest BCUT2D eigenvalue weighted by Gasteiger charge is -2.22. The Morgan fingerprint density at radius 2 is 1.64 bits per heavy atom. The molecule has 6 rings (SSSR count). The number of carbonyl (C=O) groups excluding carboxylic acids is 2. The predicted octanol–water partition coefficient (Wildman–Crippen LogP) is 8.00. The number of ketones is 1. The van der Waals surface area contributed by atoms with Gasteiger partial charge in [0.25, 0.3) is 5.78 Å². The van der Waals surface area contributed by atoms with Crippen LogP contribution in [0.15, 0.2) is 113 Å². The van der Waals surface area contributed by atoms with Gasteiger partial charge >= 0.3 is 5.91 Å². The van der Waals surface area contributed by atoms with E-state index in [0.717, 1.165) is 16.7 Å². The first-order chi connectivity index (χ1) is 21.4. The van der Waals surface area contributed by atoms with Gasteiger partial charge in [0, 0.05) is 16.3 Å². The summed E-state index contributed by atoms with van der Waals surface area (Å²) < 4.78 is 6.60. The highest BCUT2D eigenvalue weighted by atomic mass is 35.5. The summed E-state index contributed by atoms with van der Waals surface area (Å²) in [4.78, 5) is 28.3. The number of aryl methyl sites for hydroxylation is 1. The van der Waals surface area contributed by atoms with Crippen LogP contribution in [0.25, 0.3) is 5.76 Å². The van der Waals surface area contributed by atoms with Crippen molar-refractivity contribution in [2.24, 2.45) is 0 Å². The summed E-state index contributed by atoms with van der Waals surface area (Å²) in [6.07, 6.45) is 0. The van der Waals surface area contributed by atoms with Gasteiger partial charge in [0.05, 0.1) is 11.6 Å². The van der Waals surface area contributed by atoms with Crippen LogP contribution in [0.1, 0.15) is 33.9 Å². The topological polar surface area (TPSA) is 92.6 Å². The molecular weight excluding hydrogens is 614 g/mol. The Labute approximate surface area is 267 Å². The Morgan fingerprint density at radius 3 is 2.36 bits per heavy atom. The minimum Gasteiger partial charge on any atom is -0.507 e. The summed E-state index contributed by atoms with van der Waals surface area (Å²) in [6.45, 7) is 2.42. The first-order valence-corrected chi connectivity index (χ1v) is 15.9. The standard InChI is InChI=1S/C34H26ClN3O4S2/c1-21-7-5-6-10-25(21)19-42-27-17-13-24(14-18-27)30(39)28-29(23-11-15-26(35)16-12-23)38(32(41)31(28)40)33-36-37-34(44-33)43-20-22-8-3-2-4-9-22/h2-18,29,39H,19-20H2,1H3. The van der Waals surface area contributed by atoms with Crippen molar-refractivity contribution in [3.05, 3.63) is 142 Å². The summed E-state index contributed by atoms with van der Waals surface area (Å²) in [7, 11) is 0. The summed E-state index contributed by atoms with van der Waals surface area (Å²) >= 11 is 8.87. The molecule has 4 aromatic carbocycles. The second-order valence-corrected chi connectivity index (χ2v) is 12.7. The first kappa shape index (κ1) is 29.6. The molecule has 0 spiro atoms. The Hall–Kier alpha value is -4.44. The molecule has 1 fully saturated rings. The van der Waals surface area contributed by atoms with Gasteiger partial charge in [-0.1, -0.05) is 101 Å². The summed E-state index contributed by atoms with van der Waals surface area (Å²) in [5.74, 6) is -0.607. The molecule has 0 radical (unpaired) electrons. The third-order valence-electron chi connectivity index (χ3n) is 7.22. The molecule has 44 heavy (non-hydrogen) atoms.